The molecule has 0 atom stereocenters. The van der Waals surface area contributed by atoms with Gasteiger partial charge < -0.3 is 11.1 Å². The molecular weight excluding hydrogens is 420 g/mol. The minimum absolute atomic E-state index is 0.493. The van der Waals surface area contributed by atoms with E-state index in [1.54, 1.807) is 7.05 Å². The maximum Gasteiger partial charge on any atom is 0.147 e. The second kappa shape index (κ2) is 11.2. The molecule has 0 spiro atoms. The van der Waals surface area contributed by atoms with Gasteiger partial charge in [-0.15, -0.1) is 0 Å². The number of rotatable bonds is 8. The number of anilines is 1. The third-order valence-electron chi connectivity index (χ3n) is 6.59. The van der Waals surface area contributed by atoms with Crippen molar-refractivity contribution < 1.29 is 0 Å². The topological polar surface area (TPSA) is 93.1 Å². The highest BCUT2D eigenvalue weighted by Gasteiger charge is 2.17. The van der Waals surface area contributed by atoms with E-state index in [4.69, 9.17) is 21.5 Å². The lowest BCUT2D eigenvalue weighted by atomic mass is 9.84. The molecular formula is C28H36N6. The van der Waals surface area contributed by atoms with Crippen molar-refractivity contribution in [2.24, 2.45) is 17.5 Å². The molecule has 0 unspecified atom stereocenters. The van der Waals surface area contributed by atoms with E-state index in [0.717, 1.165) is 30.1 Å². The summed E-state index contributed by atoms with van der Waals surface area (Å²) in [7, 11) is 1.76. The Morgan fingerprint density at radius 3 is 2.44 bits per heavy atom. The van der Waals surface area contributed by atoms with Gasteiger partial charge in [0.15, 0.2) is 0 Å². The molecule has 0 bridgehead atoms. The summed E-state index contributed by atoms with van der Waals surface area (Å²) in [5.74, 6) is 8.18. The van der Waals surface area contributed by atoms with Crippen LogP contribution in [0.5, 0.6) is 0 Å². The van der Waals surface area contributed by atoms with Gasteiger partial charge in [-0.25, -0.2) is 10.8 Å². The number of nitrogens with zero attached hydrogens (tertiary/aromatic N) is 3. The molecule has 1 saturated carbocycles. The van der Waals surface area contributed by atoms with Crippen LogP contribution < -0.4 is 16.9 Å². The molecule has 4 rings (SSSR count). The summed E-state index contributed by atoms with van der Waals surface area (Å²) in [5, 5.41) is 4.79. The molecule has 34 heavy (non-hydrogen) atoms. The molecule has 178 valence electrons. The molecule has 0 saturated heterocycles. The smallest absolute Gasteiger partial charge is 0.147 e. The first-order chi connectivity index (χ1) is 16.5. The Morgan fingerprint density at radius 2 is 1.74 bits per heavy atom. The first-order valence-corrected chi connectivity index (χ1v) is 12.2. The zero-order chi connectivity index (χ0) is 23.9. The second-order valence-corrected chi connectivity index (χ2v) is 9.32. The average Bonchev–Trinajstić information content (AvgIpc) is 2.85. The maximum absolute atomic E-state index is 6.56. The molecule has 1 aliphatic rings. The number of benzene rings is 1. The van der Waals surface area contributed by atoms with Crippen LogP contribution in [0.15, 0.2) is 66.5 Å². The molecule has 3 aromatic rings. The van der Waals surface area contributed by atoms with E-state index in [-0.39, 0.29) is 0 Å². The fraction of sp³-hybridized carbons (Fsp3) is 0.357. The molecule has 0 amide bonds. The number of nitrogens with one attached hydrogen (secondary N) is 1. The van der Waals surface area contributed by atoms with Crippen molar-refractivity contribution in [1.82, 2.24) is 15.0 Å². The first kappa shape index (κ1) is 23.8. The van der Waals surface area contributed by atoms with Crippen LogP contribution in [0.1, 0.15) is 60.3 Å². The van der Waals surface area contributed by atoms with Gasteiger partial charge in [0.2, 0.25) is 0 Å². The summed E-state index contributed by atoms with van der Waals surface area (Å²) in [5.41, 5.74) is 12.3. The van der Waals surface area contributed by atoms with Gasteiger partial charge in [-0.1, -0.05) is 74.6 Å². The zero-order valence-electron chi connectivity index (χ0n) is 20.3. The van der Waals surface area contributed by atoms with Gasteiger partial charge in [-0.05, 0) is 48.6 Å². The van der Waals surface area contributed by atoms with Crippen molar-refractivity contribution in [3.8, 4) is 0 Å². The number of hydrogen-bond acceptors (Lipinski definition) is 6. The van der Waals surface area contributed by atoms with Crippen LogP contribution in [0.3, 0.4) is 0 Å². The number of aryl methyl sites for hydroxylation is 1. The zero-order valence-corrected chi connectivity index (χ0v) is 20.3. The van der Waals surface area contributed by atoms with Crippen molar-refractivity contribution in [2.45, 2.75) is 51.9 Å². The summed E-state index contributed by atoms with van der Waals surface area (Å²) >= 11 is 0. The van der Waals surface area contributed by atoms with Crippen LogP contribution >= 0.6 is 0 Å². The Bertz CT molecular complexity index is 1120. The van der Waals surface area contributed by atoms with Gasteiger partial charge in [0.1, 0.15) is 17.3 Å². The van der Waals surface area contributed by atoms with Crippen molar-refractivity contribution in [1.29, 1.82) is 0 Å². The lowest BCUT2D eigenvalue weighted by Crippen LogP contribution is -2.32. The Hall–Kier alpha value is -3.38. The molecule has 2 aromatic heterocycles. The summed E-state index contributed by atoms with van der Waals surface area (Å²) in [6.45, 7) is 2.07. The number of aromatic nitrogens is 2. The molecule has 6 nitrogen and oxygen atoms in total. The largest absolute Gasteiger partial charge is 0.394 e. The van der Waals surface area contributed by atoms with Crippen molar-refractivity contribution in [2.75, 3.05) is 12.4 Å². The normalized spacial score (nSPS) is 15.0. The standard InChI is InChI=1S/C28H36N6/c1-20-23(18-21-10-5-3-6-11-21)16-17-25(31-20)27(29)28(34(2)30)33-26-15-9-14-24(32-26)19-22-12-7-4-8-13-22/h4,7-9,12-17,21H,3,5-6,10-11,18-19,29-30H2,1-2H3,(H,32,33)/b28-27-. The monoisotopic (exact) mass is 456 g/mol. The van der Waals surface area contributed by atoms with E-state index in [2.05, 4.69) is 30.4 Å². The minimum Gasteiger partial charge on any atom is -0.394 e. The maximum atomic E-state index is 6.56. The molecule has 1 aromatic carbocycles. The quantitative estimate of drug-likeness (QED) is 0.326. The van der Waals surface area contributed by atoms with Gasteiger partial charge >= 0.3 is 0 Å². The average molecular weight is 457 g/mol. The Morgan fingerprint density at radius 1 is 0.971 bits per heavy atom. The van der Waals surface area contributed by atoms with Crippen LogP contribution in [-0.2, 0) is 12.8 Å². The SMILES string of the molecule is Cc1nc(/C(N)=C(\Nc2cccc(Cc3ccccc3)n2)N(C)N)ccc1CC1CCCCC1. The van der Waals surface area contributed by atoms with Crippen molar-refractivity contribution in [3.63, 3.8) is 0 Å². The predicted molar refractivity (Wildman–Crippen MR) is 139 cm³/mol. The lowest BCUT2D eigenvalue weighted by molar-refractivity contribution is 0.356. The third kappa shape index (κ3) is 6.14. The second-order valence-electron chi connectivity index (χ2n) is 9.32. The van der Waals surface area contributed by atoms with Crippen molar-refractivity contribution in [3.05, 3.63) is 94.7 Å². The van der Waals surface area contributed by atoms with Crippen LogP contribution in [0.4, 0.5) is 5.82 Å². The Labute approximate surface area is 203 Å². The summed E-state index contributed by atoms with van der Waals surface area (Å²) < 4.78 is 0. The Balaban J connectivity index is 1.53. The molecule has 2 heterocycles. The van der Waals surface area contributed by atoms with Crippen LogP contribution in [0.2, 0.25) is 0 Å². The highest BCUT2D eigenvalue weighted by Crippen LogP contribution is 2.28. The van der Waals surface area contributed by atoms with E-state index >= 15 is 0 Å². The fourth-order valence-electron chi connectivity index (χ4n) is 4.70. The van der Waals surface area contributed by atoms with Crippen LogP contribution in [0.25, 0.3) is 5.70 Å². The number of hydrogen-bond donors (Lipinski definition) is 3. The molecule has 6 heteroatoms. The lowest BCUT2D eigenvalue weighted by Gasteiger charge is -2.23. The molecule has 0 radical (unpaired) electrons. The van der Waals surface area contributed by atoms with E-state index in [0.29, 0.717) is 23.0 Å². The van der Waals surface area contributed by atoms with Crippen molar-refractivity contribution >= 4 is 11.5 Å². The highest BCUT2D eigenvalue weighted by molar-refractivity contribution is 5.66. The number of hydrazine groups is 1. The fourth-order valence-corrected chi connectivity index (χ4v) is 4.70. The number of nitrogens with two attached hydrogens (primary N) is 2. The van der Waals surface area contributed by atoms with Crippen LogP contribution in [-0.4, -0.2) is 22.0 Å². The molecule has 0 aliphatic heterocycles. The van der Waals surface area contributed by atoms with E-state index in [9.17, 15) is 0 Å². The highest BCUT2D eigenvalue weighted by atomic mass is 15.4. The van der Waals surface area contributed by atoms with E-state index < -0.39 is 0 Å². The van der Waals surface area contributed by atoms with Gasteiger partial charge in [-0.3, -0.25) is 9.99 Å². The summed E-state index contributed by atoms with van der Waals surface area (Å²) in [4.78, 5) is 9.59. The van der Waals surface area contributed by atoms with E-state index in [1.807, 2.05) is 42.5 Å². The van der Waals surface area contributed by atoms with E-state index in [1.165, 1.54) is 48.2 Å². The minimum atomic E-state index is 0.493. The van der Waals surface area contributed by atoms with Gasteiger partial charge in [-0.2, -0.15) is 0 Å². The Kier molecular flexibility index (Phi) is 7.80. The first-order valence-electron chi connectivity index (χ1n) is 12.2. The molecule has 5 N–H and O–H groups in total. The van der Waals surface area contributed by atoms with Crippen LogP contribution in [0, 0.1) is 12.8 Å². The predicted octanol–water partition coefficient (Wildman–Crippen LogP) is 5.00. The van der Waals surface area contributed by atoms with Gasteiger partial charge in [0.25, 0.3) is 0 Å². The molecule has 1 fully saturated rings. The number of pyridine rings is 2. The summed E-state index contributed by atoms with van der Waals surface area (Å²) in [6, 6.07) is 20.4. The van der Waals surface area contributed by atoms with Gasteiger partial charge in [0.05, 0.1) is 5.69 Å². The van der Waals surface area contributed by atoms with Gasteiger partial charge in [0, 0.05) is 24.9 Å². The molecule has 1 aliphatic carbocycles. The summed E-state index contributed by atoms with van der Waals surface area (Å²) in [6.07, 6.45) is 8.58. The third-order valence-corrected chi connectivity index (χ3v) is 6.59.